The molecule has 0 spiro atoms. The fourth-order valence-electron chi connectivity index (χ4n) is 3.23. The number of nitrogens with zero attached hydrogens (tertiary/aromatic N) is 2. The van der Waals surface area contributed by atoms with Crippen LogP contribution in [0, 0.1) is 18.7 Å². The predicted molar refractivity (Wildman–Crippen MR) is 93.8 cm³/mol. The van der Waals surface area contributed by atoms with Crippen LogP contribution in [0.5, 0.6) is 0 Å². The van der Waals surface area contributed by atoms with Crippen molar-refractivity contribution < 1.29 is 19.1 Å². The molecule has 26 heavy (non-hydrogen) atoms. The average Bonchev–Trinajstić information content (AvgIpc) is 2.95. The van der Waals surface area contributed by atoms with Gasteiger partial charge in [-0.1, -0.05) is 6.07 Å². The molecule has 0 saturated heterocycles. The normalized spacial score (nSPS) is 19.8. The van der Waals surface area contributed by atoms with E-state index in [1.807, 2.05) is 6.92 Å². The highest BCUT2D eigenvalue weighted by Gasteiger charge is 2.26. The second-order valence-corrected chi connectivity index (χ2v) is 6.55. The minimum absolute atomic E-state index is 0.0444. The first kappa shape index (κ1) is 17.9. The van der Waals surface area contributed by atoms with E-state index in [2.05, 4.69) is 15.7 Å². The van der Waals surface area contributed by atoms with Crippen LogP contribution in [0.4, 0.5) is 15.0 Å². The van der Waals surface area contributed by atoms with Crippen molar-refractivity contribution in [2.45, 2.75) is 38.6 Å². The number of aliphatic carboxylic acids is 1. The van der Waals surface area contributed by atoms with Gasteiger partial charge in [0.1, 0.15) is 5.82 Å². The van der Waals surface area contributed by atoms with Gasteiger partial charge in [0, 0.05) is 17.8 Å². The van der Waals surface area contributed by atoms with Gasteiger partial charge in [-0.15, -0.1) is 5.10 Å². The molecule has 0 aliphatic heterocycles. The number of carboxylic acids is 1. The van der Waals surface area contributed by atoms with Gasteiger partial charge in [-0.2, -0.15) is 0 Å². The molecule has 7 nitrogen and oxygen atoms in total. The van der Waals surface area contributed by atoms with Gasteiger partial charge in [0.25, 0.3) is 0 Å². The van der Waals surface area contributed by atoms with E-state index in [-0.39, 0.29) is 23.8 Å². The van der Waals surface area contributed by atoms with E-state index >= 15 is 0 Å². The number of nitrogens with one attached hydrogen (secondary N) is 2. The summed E-state index contributed by atoms with van der Waals surface area (Å²) in [6, 6.07) is 7.32. The third-order valence-electron chi connectivity index (χ3n) is 4.59. The Bertz CT molecular complexity index is 813. The number of aryl methyl sites for hydroxylation is 1. The largest absolute Gasteiger partial charge is 0.481 e. The van der Waals surface area contributed by atoms with Crippen molar-refractivity contribution in [1.82, 2.24) is 15.1 Å². The highest BCUT2D eigenvalue weighted by molar-refractivity contribution is 5.88. The molecule has 1 aromatic heterocycles. The molecule has 2 aromatic rings. The Balaban J connectivity index is 1.59. The highest BCUT2D eigenvalue weighted by atomic mass is 19.1. The summed E-state index contributed by atoms with van der Waals surface area (Å²) in [7, 11) is 0. The first-order valence-electron chi connectivity index (χ1n) is 8.55. The number of hydrogen-bond donors (Lipinski definition) is 3. The zero-order valence-electron chi connectivity index (χ0n) is 14.4. The van der Waals surface area contributed by atoms with Crippen molar-refractivity contribution in [2.75, 3.05) is 5.32 Å². The second-order valence-electron chi connectivity index (χ2n) is 6.55. The molecule has 1 aliphatic carbocycles. The van der Waals surface area contributed by atoms with E-state index in [0.29, 0.717) is 37.2 Å². The summed E-state index contributed by atoms with van der Waals surface area (Å²) in [5, 5.41) is 18.8. The first-order chi connectivity index (χ1) is 12.4. The standard InChI is InChI=1S/C18H21FN4O3/c1-11-9-16(22-23(11)15-4-2-3-13(19)10-15)21-18(26)20-14-7-5-12(6-8-14)17(24)25/h2-4,9-10,12,14H,5-8H2,1H3,(H,24,25)(H2,20,21,22,26). The fraction of sp³-hybridized carbons (Fsp3) is 0.389. The highest BCUT2D eigenvalue weighted by Crippen LogP contribution is 2.24. The zero-order chi connectivity index (χ0) is 18.7. The molecule has 2 amide bonds. The van der Waals surface area contributed by atoms with E-state index in [0.717, 1.165) is 5.69 Å². The number of anilines is 1. The van der Waals surface area contributed by atoms with Gasteiger partial charge < -0.3 is 10.4 Å². The van der Waals surface area contributed by atoms with Crippen LogP contribution in [-0.2, 0) is 4.79 Å². The van der Waals surface area contributed by atoms with Crippen LogP contribution >= 0.6 is 0 Å². The van der Waals surface area contributed by atoms with Crippen molar-refractivity contribution in [3.63, 3.8) is 0 Å². The van der Waals surface area contributed by atoms with E-state index < -0.39 is 5.97 Å². The fourth-order valence-corrected chi connectivity index (χ4v) is 3.23. The Morgan fingerprint density at radius 2 is 1.96 bits per heavy atom. The van der Waals surface area contributed by atoms with E-state index in [9.17, 15) is 14.0 Å². The van der Waals surface area contributed by atoms with Gasteiger partial charge in [0.05, 0.1) is 11.6 Å². The van der Waals surface area contributed by atoms with Crippen molar-refractivity contribution in [3.8, 4) is 5.69 Å². The summed E-state index contributed by atoms with van der Waals surface area (Å²) in [4.78, 5) is 23.1. The molecule has 1 saturated carbocycles. The van der Waals surface area contributed by atoms with Crippen molar-refractivity contribution >= 4 is 17.8 Å². The van der Waals surface area contributed by atoms with Crippen LogP contribution in [0.25, 0.3) is 5.69 Å². The Morgan fingerprint density at radius 3 is 2.62 bits per heavy atom. The molecule has 0 unspecified atom stereocenters. The lowest BCUT2D eigenvalue weighted by Crippen LogP contribution is -2.41. The minimum Gasteiger partial charge on any atom is -0.481 e. The average molecular weight is 360 g/mol. The molecular weight excluding hydrogens is 339 g/mol. The SMILES string of the molecule is Cc1cc(NC(=O)NC2CCC(C(=O)O)CC2)nn1-c1cccc(F)c1. The van der Waals surface area contributed by atoms with Gasteiger partial charge in [-0.25, -0.2) is 13.9 Å². The molecule has 0 bridgehead atoms. The zero-order valence-corrected chi connectivity index (χ0v) is 14.4. The van der Waals surface area contributed by atoms with Gasteiger partial charge in [-0.05, 0) is 50.8 Å². The molecular formula is C18H21FN4O3. The predicted octanol–water partition coefficient (Wildman–Crippen LogP) is 3.08. The smallest absolute Gasteiger partial charge is 0.320 e. The number of halogens is 1. The number of carbonyl (C=O) groups excluding carboxylic acids is 1. The van der Waals surface area contributed by atoms with Crippen molar-refractivity contribution in [1.29, 1.82) is 0 Å². The molecule has 1 aliphatic rings. The van der Waals surface area contributed by atoms with Crippen LogP contribution in [0.3, 0.4) is 0 Å². The Hall–Kier alpha value is -2.90. The summed E-state index contributed by atoms with van der Waals surface area (Å²) >= 11 is 0. The minimum atomic E-state index is -0.772. The molecule has 8 heteroatoms. The number of carboxylic acid groups (broad SMARTS) is 1. The van der Waals surface area contributed by atoms with E-state index in [1.165, 1.54) is 12.1 Å². The maximum absolute atomic E-state index is 13.4. The molecule has 1 aromatic carbocycles. The van der Waals surface area contributed by atoms with Crippen LogP contribution in [0.15, 0.2) is 30.3 Å². The Kier molecular flexibility index (Phi) is 5.20. The van der Waals surface area contributed by atoms with Gasteiger partial charge in [-0.3, -0.25) is 10.1 Å². The number of amides is 2. The van der Waals surface area contributed by atoms with Crippen LogP contribution in [0.2, 0.25) is 0 Å². The molecule has 138 valence electrons. The molecule has 3 rings (SSSR count). The lowest BCUT2D eigenvalue weighted by atomic mass is 9.86. The number of urea groups is 1. The summed E-state index contributed by atoms with van der Waals surface area (Å²) in [5.74, 6) is -1.09. The van der Waals surface area contributed by atoms with Crippen LogP contribution in [-0.4, -0.2) is 32.9 Å². The summed E-state index contributed by atoms with van der Waals surface area (Å²) < 4.78 is 14.9. The Morgan fingerprint density at radius 1 is 1.23 bits per heavy atom. The van der Waals surface area contributed by atoms with E-state index in [1.54, 1.807) is 22.9 Å². The number of rotatable bonds is 4. The molecule has 0 atom stereocenters. The quantitative estimate of drug-likeness (QED) is 0.781. The van der Waals surface area contributed by atoms with Crippen LogP contribution in [0.1, 0.15) is 31.4 Å². The lowest BCUT2D eigenvalue weighted by Gasteiger charge is -2.26. The van der Waals surface area contributed by atoms with Crippen molar-refractivity contribution in [2.24, 2.45) is 5.92 Å². The molecule has 3 N–H and O–H groups in total. The number of aromatic nitrogens is 2. The lowest BCUT2D eigenvalue weighted by molar-refractivity contribution is -0.142. The summed E-state index contributed by atoms with van der Waals surface area (Å²) in [5.41, 5.74) is 1.33. The number of hydrogen-bond acceptors (Lipinski definition) is 3. The third-order valence-corrected chi connectivity index (χ3v) is 4.59. The monoisotopic (exact) mass is 360 g/mol. The maximum Gasteiger partial charge on any atom is 0.320 e. The Labute approximate surface area is 150 Å². The van der Waals surface area contributed by atoms with Gasteiger partial charge in [0.15, 0.2) is 5.82 Å². The van der Waals surface area contributed by atoms with Crippen molar-refractivity contribution in [3.05, 3.63) is 41.8 Å². The second kappa shape index (κ2) is 7.55. The van der Waals surface area contributed by atoms with Crippen LogP contribution < -0.4 is 10.6 Å². The molecule has 0 radical (unpaired) electrons. The topological polar surface area (TPSA) is 96.2 Å². The maximum atomic E-state index is 13.4. The number of benzene rings is 1. The molecule has 1 heterocycles. The summed E-state index contributed by atoms with van der Waals surface area (Å²) in [6.07, 6.45) is 2.41. The molecule has 1 fully saturated rings. The van der Waals surface area contributed by atoms with E-state index in [4.69, 9.17) is 5.11 Å². The van der Waals surface area contributed by atoms with Gasteiger partial charge in [0.2, 0.25) is 0 Å². The number of carbonyl (C=O) groups is 2. The third kappa shape index (κ3) is 4.19. The van der Waals surface area contributed by atoms with Gasteiger partial charge >= 0.3 is 12.0 Å². The first-order valence-corrected chi connectivity index (χ1v) is 8.55. The summed E-state index contributed by atoms with van der Waals surface area (Å²) in [6.45, 7) is 1.81.